The zero-order valence-electron chi connectivity index (χ0n) is 14.6. The smallest absolute Gasteiger partial charge is 0.330 e. The second-order valence-corrected chi connectivity index (χ2v) is 6.06. The van der Waals surface area contributed by atoms with Crippen LogP contribution >= 0.6 is 0 Å². The molecule has 0 aromatic heterocycles. The lowest BCUT2D eigenvalue weighted by Gasteiger charge is -2.24. The highest BCUT2D eigenvalue weighted by Gasteiger charge is 2.16. The average molecular weight is 296 g/mol. The van der Waals surface area contributed by atoms with Gasteiger partial charge in [-0.05, 0) is 59.0 Å². The van der Waals surface area contributed by atoms with Crippen LogP contribution in [-0.2, 0) is 14.3 Å². The topological polar surface area (TPSA) is 35.5 Å². The number of hydrogen-bond acceptors (Lipinski definition) is 3. The fraction of sp³-hybridized carbons (Fsp3) is 0.722. The molecule has 0 saturated carbocycles. The highest BCUT2D eigenvalue weighted by atomic mass is 16.5. The quantitative estimate of drug-likeness (QED) is 0.334. The van der Waals surface area contributed by atoms with Gasteiger partial charge in [0.2, 0.25) is 0 Å². The molecule has 0 aromatic carbocycles. The molecule has 0 radical (unpaired) electrons. The van der Waals surface area contributed by atoms with Crippen LogP contribution in [0.3, 0.4) is 0 Å². The molecule has 1 atom stereocenters. The third-order valence-electron chi connectivity index (χ3n) is 3.29. The van der Waals surface area contributed by atoms with Crippen LogP contribution in [-0.4, -0.2) is 24.8 Å². The lowest BCUT2D eigenvalue weighted by atomic mass is 9.96. The maximum atomic E-state index is 11.3. The van der Waals surface area contributed by atoms with Crippen LogP contribution in [0.15, 0.2) is 23.8 Å². The fourth-order valence-electron chi connectivity index (χ4n) is 2.14. The summed E-state index contributed by atoms with van der Waals surface area (Å²) in [6.45, 7) is 13.4. The zero-order valence-corrected chi connectivity index (χ0v) is 14.6. The molecule has 0 fully saturated rings. The van der Waals surface area contributed by atoms with E-state index in [-0.39, 0.29) is 11.6 Å². The molecule has 3 nitrogen and oxygen atoms in total. The van der Waals surface area contributed by atoms with Crippen molar-refractivity contribution in [3.63, 3.8) is 0 Å². The van der Waals surface area contributed by atoms with Crippen molar-refractivity contribution in [2.24, 2.45) is 5.92 Å². The second kappa shape index (κ2) is 10.6. The van der Waals surface area contributed by atoms with E-state index in [2.05, 4.69) is 26.8 Å². The number of ether oxygens (including phenoxy) is 2. The molecule has 21 heavy (non-hydrogen) atoms. The molecule has 0 rings (SSSR count). The Kier molecular flexibility index (Phi) is 10.1. The molecule has 0 aromatic rings. The first-order valence-electron chi connectivity index (χ1n) is 7.98. The van der Waals surface area contributed by atoms with Gasteiger partial charge in [-0.3, -0.25) is 0 Å². The molecule has 0 aliphatic carbocycles. The van der Waals surface area contributed by atoms with E-state index in [1.54, 1.807) is 0 Å². The highest BCUT2D eigenvalue weighted by molar-refractivity contribution is 5.83. The van der Waals surface area contributed by atoms with Crippen molar-refractivity contribution in [2.75, 3.05) is 13.2 Å². The van der Waals surface area contributed by atoms with E-state index in [0.717, 1.165) is 31.4 Å². The maximum absolute atomic E-state index is 11.3. The van der Waals surface area contributed by atoms with Gasteiger partial charge in [0.15, 0.2) is 0 Å². The van der Waals surface area contributed by atoms with Crippen LogP contribution in [0, 0.1) is 5.92 Å². The van der Waals surface area contributed by atoms with Crippen LogP contribution in [0.25, 0.3) is 0 Å². The summed E-state index contributed by atoms with van der Waals surface area (Å²) in [6.07, 6.45) is 9.01. The Morgan fingerprint density at radius 1 is 1.24 bits per heavy atom. The second-order valence-electron chi connectivity index (χ2n) is 6.06. The van der Waals surface area contributed by atoms with E-state index in [4.69, 9.17) is 9.47 Å². The number of hydrogen-bond donors (Lipinski definition) is 0. The van der Waals surface area contributed by atoms with Gasteiger partial charge < -0.3 is 9.47 Å². The van der Waals surface area contributed by atoms with Crippen LogP contribution in [0.5, 0.6) is 0 Å². The van der Waals surface area contributed by atoms with Crippen LogP contribution < -0.4 is 0 Å². The molecule has 0 aliphatic heterocycles. The average Bonchev–Trinajstić information content (AvgIpc) is 2.36. The van der Waals surface area contributed by atoms with Crippen LogP contribution in [0.2, 0.25) is 0 Å². The largest absolute Gasteiger partial charge is 0.463 e. The van der Waals surface area contributed by atoms with E-state index in [1.807, 2.05) is 26.8 Å². The van der Waals surface area contributed by atoms with Crippen molar-refractivity contribution < 1.29 is 14.3 Å². The lowest BCUT2D eigenvalue weighted by Crippen LogP contribution is -2.24. The van der Waals surface area contributed by atoms with Crippen molar-refractivity contribution in [3.05, 3.63) is 23.8 Å². The lowest BCUT2D eigenvalue weighted by molar-refractivity contribution is -0.137. The first-order chi connectivity index (χ1) is 9.80. The summed E-state index contributed by atoms with van der Waals surface area (Å²) in [5.74, 6) is 0.221. The van der Waals surface area contributed by atoms with Crippen molar-refractivity contribution in [1.29, 1.82) is 0 Å². The molecule has 0 N–H and O–H groups in total. The summed E-state index contributed by atoms with van der Waals surface area (Å²) >= 11 is 0. The summed E-state index contributed by atoms with van der Waals surface area (Å²) in [5.41, 5.74) is 0.896. The number of rotatable bonds is 10. The van der Waals surface area contributed by atoms with E-state index in [9.17, 15) is 4.79 Å². The van der Waals surface area contributed by atoms with E-state index in [1.165, 1.54) is 6.08 Å². The third-order valence-corrected chi connectivity index (χ3v) is 3.29. The molecule has 0 spiro atoms. The van der Waals surface area contributed by atoms with Crippen molar-refractivity contribution in [1.82, 2.24) is 0 Å². The molecule has 0 heterocycles. The Balaban J connectivity index is 4.11. The standard InChI is InChI=1S/C18H32O3/c1-7-20-17(19)14-16(4)12-11-15(3)10-9-13-18(5,6)21-8-2/h11-12,14-15H,7-10,13H2,1-6H3. The fourth-order valence-corrected chi connectivity index (χ4v) is 2.14. The molecule has 122 valence electrons. The SMILES string of the molecule is CCOC(=O)C=C(C)C=CC(C)CCCC(C)(C)OCC. The number of carbonyl (C=O) groups excluding carboxylic acids is 1. The maximum Gasteiger partial charge on any atom is 0.330 e. The summed E-state index contributed by atoms with van der Waals surface area (Å²) in [5, 5.41) is 0. The van der Waals surface area contributed by atoms with Gasteiger partial charge >= 0.3 is 5.97 Å². The van der Waals surface area contributed by atoms with Gasteiger partial charge in [0.25, 0.3) is 0 Å². The molecule has 0 bridgehead atoms. The van der Waals surface area contributed by atoms with Crippen LogP contribution in [0.4, 0.5) is 0 Å². The van der Waals surface area contributed by atoms with Crippen molar-refractivity contribution in [2.45, 2.75) is 66.4 Å². The highest BCUT2D eigenvalue weighted by Crippen LogP contribution is 2.20. The first kappa shape index (κ1) is 19.9. The van der Waals surface area contributed by atoms with E-state index in [0.29, 0.717) is 12.5 Å². The molecule has 3 heteroatoms. The summed E-state index contributed by atoms with van der Waals surface area (Å²) in [6, 6.07) is 0. The summed E-state index contributed by atoms with van der Waals surface area (Å²) in [7, 11) is 0. The minimum absolute atomic E-state index is 0.0298. The first-order valence-corrected chi connectivity index (χ1v) is 7.98. The minimum Gasteiger partial charge on any atom is -0.463 e. The van der Waals surface area contributed by atoms with Gasteiger partial charge in [0, 0.05) is 12.7 Å². The van der Waals surface area contributed by atoms with Crippen molar-refractivity contribution >= 4 is 5.97 Å². The van der Waals surface area contributed by atoms with Gasteiger partial charge in [-0.25, -0.2) is 4.79 Å². The Bertz CT molecular complexity index is 353. The van der Waals surface area contributed by atoms with E-state index < -0.39 is 0 Å². The van der Waals surface area contributed by atoms with Crippen molar-refractivity contribution in [3.8, 4) is 0 Å². The Morgan fingerprint density at radius 3 is 2.48 bits per heavy atom. The molecule has 0 amide bonds. The number of esters is 1. The molecule has 0 saturated heterocycles. The predicted molar refractivity (Wildman–Crippen MR) is 88.3 cm³/mol. The number of carbonyl (C=O) groups is 1. The molecular weight excluding hydrogens is 264 g/mol. The summed E-state index contributed by atoms with van der Waals surface area (Å²) < 4.78 is 10.6. The molecule has 0 aliphatic rings. The van der Waals surface area contributed by atoms with Gasteiger partial charge in [-0.2, -0.15) is 0 Å². The molecule has 1 unspecified atom stereocenters. The molecular formula is C18H32O3. The number of allylic oxidation sites excluding steroid dienone is 3. The third kappa shape index (κ3) is 11.3. The van der Waals surface area contributed by atoms with E-state index >= 15 is 0 Å². The Morgan fingerprint density at radius 2 is 1.90 bits per heavy atom. The Labute approximate surface area is 130 Å². The predicted octanol–water partition coefficient (Wildman–Crippen LogP) is 4.67. The minimum atomic E-state index is -0.272. The monoisotopic (exact) mass is 296 g/mol. The van der Waals surface area contributed by atoms with Gasteiger partial charge in [0.1, 0.15) is 0 Å². The van der Waals surface area contributed by atoms with Gasteiger partial charge in [0.05, 0.1) is 12.2 Å². The summed E-state index contributed by atoms with van der Waals surface area (Å²) in [4.78, 5) is 11.3. The zero-order chi connectivity index (χ0) is 16.3. The van der Waals surface area contributed by atoms with Crippen LogP contribution in [0.1, 0.15) is 60.8 Å². The Hall–Kier alpha value is -1.09. The van der Waals surface area contributed by atoms with Gasteiger partial charge in [-0.15, -0.1) is 0 Å². The van der Waals surface area contributed by atoms with Gasteiger partial charge in [-0.1, -0.05) is 25.5 Å². The normalized spacial score (nSPS) is 14.5.